The van der Waals surface area contributed by atoms with E-state index in [9.17, 15) is 9.59 Å². The average Bonchev–Trinajstić information content (AvgIpc) is 3.23. The van der Waals surface area contributed by atoms with Crippen LogP contribution in [0.3, 0.4) is 0 Å². The number of benzene rings is 2. The molecular formula is C24H28N4O2S. The molecule has 2 aromatic carbocycles. The van der Waals surface area contributed by atoms with Crippen LogP contribution in [0.2, 0.25) is 0 Å². The zero-order chi connectivity index (χ0) is 22.2. The van der Waals surface area contributed by atoms with Gasteiger partial charge in [0.25, 0.3) is 0 Å². The number of carbonyl (C=O) groups excluding carboxylic acids is 2. The van der Waals surface area contributed by atoms with Crippen molar-refractivity contribution in [2.24, 2.45) is 0 Å². The number of aromatic nitrogens is 2. The average molecular weight is 437 g/mol. The highest BCUT2D eigenvalue weighted by Crippen LogP contribution is 2.27. The Hall–Kier alpha value is -3.06. The lowest BCUT2D eigenvalue weighted by Gasteiger charge is -2.26. The van der Waals surface area contributed by atoms with E-state index in [1.165, 1.54) is 11.3 Å². The molecule has 3 rings (SSSR count). The molecule has 0 spiro atoms. The second-order valence-corrected chi connectivity index (χ2v) is 8.44. The second kappa shape index (κ2) is 10.8. The summed E-state index contributed by atoms with van der Waals surface area (Å²) in [5.74, 6) is -0.546. The van der Waals surface area contributed by atoms with Crippen LogP contribution in [0.15, 0.2) is 54.6 Å². The van der Waals surface area contributed by atoms with Gasteiger partial charge in [0.15, 0.2) is 0 Å². The first kappa shape index (κ1) is 22.6. The highest BCUT2D eigenvalue weighted by Gasteiger charge is 2.25. The zero-order valence-electron chi connectivity index (χ0n) is 18.2. The molecule has 0 saturated heterocycles. The predicted molar refractivity (Wildman–Crippen MR) is 125 cm³/mol. The molecule has 0 aliphatic carbocycles. The van der Waals surface area contributed by atoms with E-state index < -0.39 is 0 Å². The maximum atomic E-state index is 13.2. The lowest BCUT2D eigenvalue weighted by Crippen LogP contribution is -2.41. The minimum Gasteiger partial charge on any atom is -0.333 e. The number of hydrogen-bond donors (Lipinski definition) is 1. The molecule has 7 heteroatoms. The molecule has 3 aromatic rings. The van der Waals surface area contributed by atoms with Gasteiger partial charge in [0, 0.05) is 12.1 Å². The van der Waals surface area contributed by atoms with E-state index in [2.05, 4.69) is 15.5 Å². The molecule has 1 heterocycles. The Morgan fingerprint density at radius 1 is 1.06 bits per heavy atom. The number of aryl methyl sites for hydroxylation is 1. The summed E-state index contributed by atoms with van der Waals surface area (Å²) in [6.07, 6.45) is 1.46. The van der Waals surface area contributed by atoms with Crippen molar-refractivity contribution >= 4 is 28.3 Å². The highest BCUT2D eigenvalue weighted by molar-refractivity contribution is 7.18. The second-order valence-electron chi connectivity index (χ2n) is 7.46. The van der Waals surface area contributed by atoms with Gasteiger partial charge < -0.3 is 4.90 Å². The molecule has 0 radical (unpaired) electrons. The lowest BCUT2D eigenvalue weighted by molar-refractivity contribution is -0.136. The Kier molecular flexibility index (Phi) is 7.89. The van der Waals surface area contributed by atoms with Crippen molar-refractivity contribution in [3.63, 3.8) is 0 Å². The van der Waals surface area contributed by atoms with Crippen molar-refractivity contribution < 1.29 is 9.59 Å². The standard InChI is InChI=1S/C24H28N4O2S/c1-4-14-28(23(30)20(5-2)18-11-7-6-8-12-18)16-21(29)25-24-27-26-22(31-24)19-13-9-10-17(3)15-19/h6-13,15,20H,4-5,14,16H2,1-3H3,(H,25,27,29)/t20-/m1/s1. The Bertz CT molecular complexity index is 1020. The number of anilines is 1. The maximum Gasteiger partial charge on any atom is 0.245 e. The van der Waals surface area contributed by atoms with Crippen LogP contribution in [0, 0.1) is 6.92 Å². The highest BCUT2D eigenvalue weighted by atomic mass is 32.1. The quantitative estimate of drug-likeness (QED) is 0.518. The van der Waals surface area contributed by atoms with Crippen LogP contribution in [-0.4, -0.2) is 40.0 Å². The summed E-state index contributed by atoms with van der Waals surface area (Å²) in [6.45, 7) is 6.54. The molecule has 0 unspecified atom stereocenters. The monoisotopic (exact) mass is 436 g/mol. The molecule has 31 heavy (non-hydrogen) atoms. The van der Waals surface area contributed by atoms with Gasteiger partial charge in [0.2, 0.25) is 16.9 Å². The zero-order valence-corrected chi connectivity index (χ0v) is 19.0. The van der Waals surface area contributed by atoms with E-state index >= 15 is 0 Å². The van der Waals surface area contributed by atoms with E-state index in [0.29, 0.717) is 18.1 Å². The normalized spacial score (nSPS) is 11.7. The predicted octanol–water partition coefficient (Wildman–Crippen LogP) is 4.88. The van der Waals surface area contributed by atoms with Crippen molar-refractivity contribution in [3.05, 3.63) is 65.7 Å². The molecule has 1 atom stereocenters. The van der Waals surface area contributed by atoms with Gasteiger partial charge in [-0.15, -0.1) is 10.2 Å². The van der Waals surface area contributed by atoms with Crippen molar-refractivity contribution in [1.29, 1.82) is 0 Å². The van der Waals surface area contributed by atoms with Crippen molar-refractivity contribution in [2.75, 3.05) is 18.4 Å². The molecule has 2 amide bonds. The molecule has 1 aromatic heterocycles. The van der Waals surface area contributed by atoms with Crippen LogP contribution in [0.4, 0.5) is 5.13 Å². The Morgan fingerprint density at radius 3 is 2.52 bits per heavy atom. The first-order chi connectivity index (χ1) is 15.0. The van der Waals surface area contributed by atoms with Crippen molar-refractivity contribution in [2.45, 2.75) is 39.5 Å². The number of nitrogens with one attached hydrogen (secondary N) is 1. The van der Waals surface area contributed by atoms with Crippen LogP contribution in [-0.2, 0) is 9.59 Å². The minimum absolute atomic E-state index is 0.00460. The Morgan fingerprint density at radius 2 is 1.84 bits per heavy atom. The number of carbonyl (C=O) groups is 2. The summed E-state index contributed by atoms with van der Waals surface area (Å²) < 4.78 is 0. The van der Waals surface area contributed by atoms with Crippen LogP contribution in [0.1, 0.15) is 43.7 Å². The SMILES string of the molecule is CCCN(CC(=O)Nc1nnc(-c2cccc(C)c2)s1)C(=O)[C@H](CC)c1ccccc1. The molecule has 0 aliphatic rings. The van der Waals surface area contributed by atoms with Gasteiger partial charge >= 0.3 is 0 Å². The third-order valence-electron chi connectivity index (χ3n) is 4.98. The summed E-state index contributed by atoms with van der Waals surface area (Å²) in [6, 6.07) is 17.7. The smallest absolute Gasteiger partial charge is 0.245 e. The third-order valence-corrected chi connectivity index (χ3v) is 5.87. The molecule has 1 N–H and O–H groups in total. The first-order valence-electron chi connectivity index (χ1n) is 10.6. The number of rotatable bonds is 9. The summed E-state index contributed by atoms with van der Waals surface area (Å²) in [4.78, 5) is 27.5. The van der Waals surface area contributed by atoms with E-state index in [1.54, 1.807) is 4.90 Å². The molecule has 162 valence electrons. The fourth-order valence-electron chi connectivity index (χ4n) is 3.50. The fraction of sp³-hybridized carbons (Fsp3) is 0.333. The minimum atomic E-state index is -0.267. The topological polar surface area (TPSA) is 75.2 Å². The summed E-state index contributed by atoms with van der Waals surface area (Å²) in [5.41, 5.74) is 3.08. The number of amides is 2. The Labute approximate surface area is 187 Å². The van der Waals surface area contributed by atoms with Gasteiger partial charge in [0.1, 0.15) is 5.01 Å². The van der Waals surface area contributed by atoms with Gasteiger partial charge in [0.05, 0.1) is 12.5 Å². The van der Waals surface area contributed by atoms with Crippen LogP contribution >= 0.6 is 11.3 Å². The summed E-state index contributed by atoms with van der Waals surface area (Å²) >= 11 is 1.32. The maximum absolute atomic E-state index is 13.2. The van der Waals surface area contributed by atoms with E-state index in [0.717, 1.165) is 28.1 Å². The van der Waals surface area contributed by atoms with E-state index in [-0.39, 0.29) is 24.3 Å². The van der Waals surface area contributed by atoms with Gasteiger partial charge in [-0.2, -0.15) is 0 Å². The fourth-order valence-corrected chi connectivity index (χ4v) is 4.25. The summed E-state index contributed by atoms with van der Waals surface area (Å²) in [7, 11) is 0. The van der Waals surface area contributed by atoms with Crippen LogP contribution < -0.4 is 5.32 Å². The lowest BCUT2D eigenvalue weighted by atomic mass is 9.95. The number of nitrogens with zero attached hydrogens (tertiary/aromatic N) is 3. The van der Waals surface area contributed by atoms with Gasteiger partial charge in [-0.3, -0.25) is 14.9 Å². The van der Waals surface area contributed by atoms with Gasteiger partial charge in [-0.05, 0) is 31.4 Å². The molecule has 6 nitrogen and oxygen atoms in total. The van der Waals surface area contributed by atoms with Crippen molar-refractivity contribution in [1.82, 2.24) is 15.1 Å². The molecular weight excluding hydrogens is 408 g/mol. The third kappa shape index (κ3) is 5.98. The van der Waals surface area contributed by atoms with Crippen molar-refractivity contribution in [3.8, 4) is 10.6 Å². The van der Waals surface area contributed by atoms with Crippen LogP contribution in [0.5, 0.6) is 0 Å². The molecule has 0 bridgehead atoms. The molecule has 0 fully saturated rings. The van der Waals surface area contributed by atoms with Gasteiger partial charge in [-0.1, -0.05) is 79.3 Å². The van der Waals surface area contributed by atoms with E-state index in [4.69, 9.17) is 0 Å². The molecule has 0 saturated carbocycles. The van der Waals surface area contributed by atoms with Gasteiger partial charge in [-0.25, -0.2) is 0 Å². The summed E-state index contributed by atoms with van der Waals surface area (Å²) in [5, 5.41) is 12.3. The first-order valence-corrected chi connectivity index (χ1v) is 11.4. The largest absolute Gasteiger partial charge is 0.333 e. The number of hydrogen-bond acceptors (Lipinski definition) is 5. The van der Waals surface area contributed by atoms with Crippen LogP contribution in [0.25, 0.3) is 10.6 Å². The van der Waals surface area contributed by atoms with E-state index in [1.807, 2.05) is 75.4 Å². The Balaban J connectivity index is 1.67. The molecule has 0 aliphatic heterocycles.